The van der Waals surface area contributed by atoms with Crippen molar-refractivity contribution in [2.75, 3.05) is 0 Å². The molecule has 0 atom stereocenters. The van der Waals surface area contributed by atoms with E-state index in [-0.39, 0.29) is 5.97 Å². The fraction of sp³-hybridized carbons (Fsp3) is 0.219. The van der Waals surface area contributed by atoms with Crippen molar-refractivity contribution in [1.29, 1.82) is 0 Å². The molecule has 4 rings (SSSR count). The first-order valence-electron chi connectivity index (χ1n) is 12.7. The third-order valence-corrected chi connectivity index (χ3v) is 12.5. The quantitative estimate of drug-likeness (QED) is 0.176. The van der Waals surface area contributed by atoms with Gasteiger partial charge in [0.05, 0.1) is 0 Å². The minimum absolute atomic E-state index is 0.139. The van der Waals surface area contributed by atoms with E-state index in [1.54, 1.807) is 0 Å². The van der Waals surface area contributed by atoms with Crippen LogP contribution < -0.4 is 21.2 Å². The number of carbonyl (C=O) groups is 1. The van der Waals surface area contributed by atoms with Crippen LogP contribution in [0.3, 0.4) is 0 Å². The number of unbranched alkanes of at least 4 members (excludes halogenated alkanes) is 4. The third kappa shape index (κ3) is 4.68. The topological polar surface area (TPSA) is 26.3 Å². The van der Waals surface area contributed by atoms with Crippen molar-refractivity contribution in [2.45, 2.75) is 45.4 Å². The molecule has 0 bridgehead atoms. The van der Waals surface area contributed by atoms with E-state index in [1.165, 1.54) is 12.8 Å². The fourth-order valence-electron chi connectivity index (χ4n) is 5.08. The molecule has 0 N–H and O–H groups in total. The standard InChI is InChI=1S/C32H35O2P/c1-2-3-4-5-18-27-32(33)34-35(28-19-10-6-11-20-28,29-21-12-7-13-22-29,30-23-14-8-15-24-30)31-25-16-9-17-26-31/h6-17,19-26H,2-5,18,27H2,1H3. The first-order valence-corrected chi connectivity index (χ1v) is 14.8. The van der Waals surface area contributed by atoms with E-state index in [0.717, 1.165) is 40.5 Å². The molecular weight excluding hydrogens is 447 g/mol. The van der Waals surface area contributed by atoms with Crippen LogP contribution in [-0.4, -0.2) is 5.97 Å². The summed E-state index contributed by atoms with van der Waals surface area (Å²) in [5, 5.41) is 4.12. The molecule has 0 spiro atoms. The zero-order valence-corrected chi connectivity index (χ0v) is 21.4. The van der Waals surface area contributed by atoms with Gasteiger partial charge in [-0.05, 0) is 0 Å². The predicted molar refractivity (Wildman–Crippen MR) is 151 cm³/mol. The summed E-state index contributed by atoms with van der Waals surface area (Å²) in [7, 11) is 0. The van der Waals surface area contributed by atoms with Gasteiger partial charge in [-0.25, -0.2) is 0 Å². The molecule has 2 nitrogen and oxygen atoms in total. The third-order valence-electron chi connectivity index (χ3n) is 6.76. The van der Waals surface area contributed by atoms with Crippen LogP contribution in [0, 0.1) is 0 Å². The van der Waals surface area contributed by atoms with Crippen molar-refractivity contribution in [3.05, 3.63) is 121 Å². The molecule has 0 radical (unpaired) electrons. The summed E-state index contributed by atoms with van der Waals surface area (Å²) in [5.74, 6) is -0.139. The molecule has 35 heavy (non-hydrogen) atoms. The molecule has 180 valence electrons. The van der Waals surface area contributed by atoms with Gasteiger partial charge in [-0.15, -0.1) is 0 Å². The molecule has 0 amide bonds. The van der Waals surface area contributed by atoms with Gasteiger partial charge >= 0.3 is 210 Å². The van der Waals surface area contributed by atoms with Gasteiger partial charge in [-0.3, -0.25) is 0 Å². The molecule has 0 aliphatic carbocycles. The van der Waals surface area contributed by atoms with E-state index in [9.17, 15) is 4.79 Å². The Balaban J connectivity index is 2.00. The summed E-state index contributed by atoms with van der Waals surface area (Å²) < 4.78 is 7.07. The van der Waals surface area contributed by atoms with Crippen molar-refractivity contribution in [3.63, 3.8) is 0 Å². The van der Waals surface area contributed by atoms with E-state index in [0.29, 0.717) is 6.42 Å². The number of hydrogen-bond acceptors (Lipinski definition) is 2. The first kappa shape index (κ1) is 24.9. The minimum atomic E-state index is -3.87. The van der Waals surface area contributed by atoms with Crippen LogP contribution in [0.15, 0.2) is 121 Å². The molecule has 0 saturated carbocycles. The number of benzene rings is 4. The Morgan fingerprint density at radius 1 is 0.543 bits per heavy atom. The molecule has 0 saturated heterocycles. The molecule has 4 aromatic carbocycles. The summed E-state index contributed by atoms with van der Waals surface area (Å²) >= 11 is 0. The van der Waals surface area contributed by atoms with E-state index in [2.05, 4.69) is 55.5 Å². The Morgan fingerprint density at radius 3 is 1.23 bits per heavy atom. The maximum absolute atomic E-state index is 13.8. The zero-order valence-electron chi connectivity index (χ0n) is 20.6. The fourth-order valence-corrected chi connectivity index (χ4v) is 10.8. The summed E-state index contributed by atoms with van der Waals surface area (Å²) in [4.78, 5) is 13.8. The average molecular weight is 483 g/mol. The summed E-state index contributed by atoms with van der Waals surface area (Å²) in [6.07, 6.45) is 5.86. The molecule has 0 aliphatic rings. The van der Waals surface area contributed by atoms with E-state index >= 15 is 0 Å². The van der Waals surface area contributed by atoms with Gasteiger partial charge in [-0.1, -0.05) is 0 Å². The monoisotopic (exact) mass is 482 g/mol. The molecule has 4 aromatic rings. The first-order chi connectivity index (χ1) is 17.2. The van der Waals surface area contributed by atoms with Crippen LogP contribution in [0.25, 0.3) is 0 Å². The Bertz CT molecular complexity index is 1020. The maximum atomic E-state index is 13.8. The van der Waals surface area contributed by atoms with Gasteiger partial charge in [0.15, 0.2) is 0 Å². The Labute approximate surface area is 210 Å². The van der Waals surface area contributed by atoms with Gasteiger partial charge in [0.2, 0.25) is 0 Å². The van der Waals surface area contributed by atoms with Crippen LogP contribution >= 0.6 is 6.83 Å². The zero-order chi connectivity index (χ0) is 24.4. The van der Waals surface area contributed by atoms with Crippen LogP contribution in [0.5, 0.6) is 0 Å². The second kappa shape index (κ2) is 11.5. The Hall–Kier alpha value is -3.22. The molecule has 0 fully saturated rings. The van der Waals surface area contributed by atoms with Crippen LogP contribution in [0.4, 0.5) is 0 Å². The van der Waals surface area contributed by atoms with Gasteiger partial charge in [0, 0.05) is 0 Å². The van der Waals surface area contributed by atoms with Crippen LogP contribution in [-0.2, 0) is 9.32 Å². The van der Waals surface area contributed by atoms with Crippen molar-refractivity contribution in [1.82, 2.24) is 0 Å². The molecule has 0 aromatic heterocycles. The van der Waals surface area contributed by atoms with Crippen LogP contribution in [0.2, 0.25) is 0 Å². The molecular formula is C32H35O2P. The Morgan fingerprint density at radius 2 is 0.886 bits per heavy atom. The van der Waals surface area contributed by atoms with Crippen molar-refractivity contribution in [3.8, 4) is 0 Å². The van der Waals surface area contributed by atoms with Crippen LogP contribution in [0.1, 0.15) is 45.4 Å². The van der Waals surface area contributed by atoms with E-state index in [1.807, 2.05) is 72.8 Å². The molecule has 3 heteroatoms. The molecule has 0 unspecified atom stereocenters. The van der Waals surface area contributed by atoms with Gasteiger partial charge < -0.3 is 0 Å². The normalized spacial score (nSPS) is 12.4. The van der Waals surface area contributed by atoms with Gasteiger partial charge in [-0.2, -0.15) is 0 Å². The molecule has 0 heterocycles. The average Bonchev–Trinajstić information content (AvgIpc) is 2.94. The predicted octanol–water partition coefficient (Wildman–Crippen LogP) is 6.66. The number of rotatable bonds is 11. The second-order valence-electron chi connectivity index (χ2n) is 9.01. The van der Waals surface area contributed by atoms with Gasteiger partial charge in [0.25, 0.3) is 0 Å². The summed E-state index contributed by atoms with van der Waals surface area (Å²) in [6.45, 7) is -1.66. The Kier molecular flexibility index (Phi) is 8.16. The molecule has 0 aliphatic heterocycles. The SMILES string of the molecule is CCCCCCCC(=O)OP(c1ccccc1)(c1ccccc1)(c1ccccc1)c1ccccc1. The van der Waals surface area contributed by atoms with E-state index in [4.69, 9.17) is 4.52 Å². The second-order valence-corrected chi connectivity index (χ2v) is 13.3. The van der Waals surface area contributed by atoms with Crippen molar-refractivity contribution < 1.29 is 9.32 Å². The van der Waals surface area contributed by atoms with Gasteiger partial charge in [0.1, 0.15) is 0 Å². The summed E-state index contributed by atoms with van der Waals surface area (Å²) in [6, 6.07) is 41.4. The van der Waals surface area contributed by atoms with Crippen molar-refractivity contribution in [2.24, 2.45) is 0 Å². The van der Waals surface area contributed by atoms with Crippen molar-refractivity contribution >= 4 is 34.0 Å². The number of carbonyl (C=O) groups excluding carboxylic acids is 1. The van der Waals surface area contributed by atoms with E-state index < -0.39 is 6.83 Å². The number of hydrogen-bond donors (Lipinski definition) is 0. The summed E-state index contributed by atoms with van der Waals surface area (Å²) in [5.41, 5.74) is 0.